The fourth-order valence-corrected chi connectivity index (χ4v) is 18.2. The maximum absolute atomic E-state index is 12.7. The summed E-state index contributed by atoms with van der Waals surface area (Å²) in [5.41, 5.74) is 13.7. The minimum Gasteiger partial charge on any atom is -0.436 e. The topological polar surface area (TPSA) is 314 Å². The zero-order valence-corrected chi connectivity index (χ0v) is 76.3. The zero-order chi connectivity index (χ0) is 91.9. The van der Waals surface area contributed by atoms with Crippen LogP contribution in [0.2, 0.25) is 15.1 Å². The van der Waals surface area contributed by atoms with Crippen LogP contribution < -0.4 is 68.6 Å². The summed E-state index contributed by atoms with van der Waals surface area (Å²) in [6, 6.07) is 61.6. The molecule has 33 heteroatoms. The lowest BCUT2D eigenvalue weighted by Gasteiger charge is -2.37. The van der Waals surface area contributed by atoms with Gasteiger partial charge in [0.05, 0.1) is 48.8 Å². The van der Waals surface area contributed by atoms with E-state index in [0.29, 0.717) is 111 Å². The average Bonchev–Trinajstić information content (AvgIpc) is 1.44. The van der Waals surface area contributed by atoms with Gasteiger partial charge in [0.1, 0.15) is 61.4 Å². The number of imidazole rings is 2. The number of rotatable bonds is 10. The molecule has 0 aliphatic carbocycles. The van der Waals surface area contributed by atoms with Crippen LogP contribution in [0.25, 0.3) is 145 Å². The fraction of sp³-hybridized carbons (Fsp3) is 0.248. The molecule has 5 fully saturated rings. The van der Waals surface area contributed by atoms with E-state index in [1.165, 1.54) is 0 Å². The second-order valence-corrected chi connectivity index (χ2v) is 35.4. The first-order valence-electron chi connectivity index (χ1n) is 44.5. The molecule has 17 heterocycles. The molecule has 0 bridgehead atoms. The number of pyridine rings is 2. The molecule has 30 nitrogen and oxygen atoms in total. The highest BCUT2D eigenvalue weighted by molar-refractivity contribution is 6.35. The second-order valence-electron chi connectivity index (χ2n) is 34.2. The van der Waals surface area contributed by atoms with Crippen molar-refractivity contribution in [1.82, 2.24) is 64.3 Å². The van der Waals surface area contributed by atoms with Crippen LogP contribution in [0, 0.1) is 0 Å². The number of oxazole rings is 2. The summed E-state index contributed by atoms with van der Waals surface area (Å²) in [5, 5.41) is 20.4. The number of anilines is 5. The predicted molar refractivity (Wildman–Crippen MR) is 528 cm³/mol. The third-order valence-electron chi connectivity index (χ3n) is 24.7. The van der Waals surface area contributed by atoms with E-state index in [9.17, 15) is 24.0 Å². The molecule has 24 rings (SSSR count). The Balaban J connectivity index is 0.000000104. The minimum atomic E-state index is -0.487. The fourth-order valence-electron chi connectivity index (χ4n) is 17.6. The summed E-state index contributed by atoms with van der Waals surface area (Å²) < 4.78 is 44.9. The molecular weight excluding hydrogens is 1760 g/mol. The molecule has 19 aromatic rings. The molecule has 5 saturated heterocycles. The molecule has 7 aromatic carbocycles. The van der Waals surface area contributed by atoms with Gasteiger partial charge in [0, 0.05) is 254 Å². The lowest BCUT2D eigenvalue weighted by molar-refractivity contribution is 0.313. The number of hydrogen-bond donors (Lipinski definition) is 3. The molecule has 0 radical (unpaired) electrons. The van der Waals surface area contributed by atoms with E-state index in [4.69, 9.17) is 65.7 Å². The highest BCUT2D eigenvalue weighted by Crippen LogP contribution is 2.36. The van der Waals surface area contributed by atoms with E-state index in [0.717, 1.165) is 184 Å². The zero-order valence-electron chi connectivity index (χ0n) is 74.0. The van der Waals surface area contributed by atoms with Gasteiger partial charge >= 0.3 is 28.1 Å². The number of aryl methyl sites for hydroxylation is 1. The van der Waals surface area contributed by atoms with Crippen molar-refractivity contribution >= 4 is 152 Å². The molecule has 0 spiro atoms. The number of para-hydroxylation sites is 2. The quantitative estimate of drug-likeness (QED) is 0.107. The first kappa shape index (κ1) is 87.8. The highest BCUT2D eigenvalue weighted by Gasteiger charge is 2.27. The minimum absolute atomic E-state index is 0.206. The van der Waals surface area contributed by atoms with Crippen LogP contribution in [0.15, 0.2) is 280 Å². The average molecular weight is 1860 g/mol. The molecule has 680 valence electrons. The van der Waals surface area contributed by atoms with Crippen molar-refractivity contribution in [3.05, 3.63) is 292 Å². The van der Waals surface area contributed by atoms with Crippen LogP contribution in [-0.4, -0.2) is 192 Å². The van der Waals surface area contributed by atoms with Crippen LogP contribution in [0.3, 0.4) is 0 Å². The number of nitrogens with zero attached hydrogens (tertiary/aromatic N) is 15. The normalized spacial score (nSPS) is 16.3. The van der Waals surface area contributed by atoms with Crippen molar-refractivity contribution in [3.63, 3.8) is 0 Å². The van der Waals surface area contributed by atoms with Crippen LogP contribution in [-0.2, 0) is 7.05 Å². The lowest BCUT2D eigenvalue weighted by Crippen LogP contribution is -2.54. The third-order valence-corrected chi connectivity index (χ3v) is 25.6. The summed E-state index contributed by atoms with van der Waals surface area (Å²) in [7, 11) is 6.10. The third kappa shape index (κ3) is 18.9. The Labute approximate surface area is 780 Å². The maximum atomic E-state index is 12.7. The Hall–Kier alpha value is -14.2. The van der Waals surface area contributed by atoms with E-state index < -0.39 is 16.9 Å². The second kappa shape index (κ2) is 37.8. The van der Waals surface area contributed by atoms with Gasteiger partial charge in [0.15, 0.2) is 11.2 Å². The van der Waals surface area contributed by atoms with Gasteiger partial charge in [0.25, 0.3) is 0 Å². The Kier molecular flexibility index (Phi) is 24.8. The van der Waals surface area contributed by atoms with Crippen LogP contribution in [0.5, 0.6) is 0 Å². The molecule has 12 aromatic heterocycles. The van der Waals surface area contributed by atoms with Crippen molar-refractivity contribution < 1.29 is 30.9 Å². The molecular formula is C101H93Cl3N18O12. The molecule has 0 unspecified atom stereocenters. The standard InChI is InChI=1S/C22H20ClN3O3.C21H20N4O2.C20H17ClN4O2.C20H16ClN3O3.C18H20N4O2/c1-12-10-26(11-13(2)24-12)15-7-6-14-8-16(22(27)29-19(14)9-15)21-25-20-17(23)4-3-5-18(20)28-21;1-23-8-10-24(11-9-23)16-6-5-15-12-17(21(26)27-19(15)13-16)18-14-25-7-3-2-4-20(25)22-18;21-14-2-4-19-23-17(12-25(19)11-14)16-9-13-1-3-15(10-18(13)27-20(16)26)24-7-5-22-6-8-24;21-15-2-1-3-16-18(15)23-19(26-16)14-10-12-4-5-13(11-17(12)27-20(14)25)24-8-6-22-7-9-24;1-20-7-9-22(10-8-20)14-4-3-13-11-15(16-5-6-21(2)19-16)18(23)24-17(13)12-14/h3-9,12-13,24H,10-11H2,1-2H3;2-7,12-14H,8-11H2,1H3;1-4,9-12,22H,5-8H2;1-5,10-11,22H,6-9H2;3-6,11-12H,7-10H2,1-2H3/t12-,13+;;;;. The molecule has 5 aliphatic heterocycles. The Bertz CT molecular complexity index is 7920. The number of hydrogen-bond acceptors (Lipinski definition) is 27. The van der Waals surface area contributed by atoms with Crippen molar-refractivity contribution in [1.29, 1.82) is 0 Å². The van der Waals surface area contributed by atoms with Crippen molar-refractivity contribution in [2.75, 3.05) is 156 Å². The van der Waals surface area contributed by atoms with E-state index in [1.54, 1.807) is 76.1 Å². The number of likely N-dealkylation sites (N-methyl/N-ethyl adjacent to an activating group) is 2. The first-order chi connectivity index (χ1) is 65.1. The number of halogens is 3. The molecule has 0 saturated carbocycles. The van der Waals surface area contributed by atoms with E-state index in [2.05, 4.69) is 127 Å². The van der Waals surface area contributed by atoms with Gasteiger partial charge in [-0.2, -0.15) is 5.10 Å². The molecule has 134 heavy (non-hydrogen) atoms. The largest absolute Gasteiger partial charge is 0.436 e. The molecule has 3 N–H and O–H groups in total. The number of aromatic nitrogens is 8. The first-order valence-corrected chi connectivity index (χ1v) is 45.6. The van der Waals surface area contributed by atoms with Gasteiger partial charge in [-0.3, -0.25) is 4.68 Å². The van der Waals surface area contributed by atoms with E-state index >= 15 is 0 Å². The van der Waals surface area contributed by atoms with Crippen LogP contribution >= 0.6 is 34.8 Å². The smallest absolute Gasteiger partial charge is 0.349 e. The predicted octanol–water partition coefficient (Wildman–Crippen LogP) is 16.1. The molecule has 0 amide bonds. The summed E-state index contributed by atoms with van der Waals surface area (Å²) >= 11 is 18.3. The number of piperazine rings is 5. The van der Waals surface area contributed by atoms with Gasteiger partial charge in [-0.15, -0.1) is 0 Å². The number of fused-ring (bicyclic) bond motifs is 9. The molecule has 2 atom stereocenters. The number of benzene rings is 7. The van der Waals surface area contributed by atoms with Gasteiger partial charge in [0.2, 0.25) is 11.8 Å². The summed E-state index contributed by atoms with van der Waals surface area (Å²) in [4.78, 5) is 96.7. The molecule has 5 aliphatic rings. The number of nitrogens with one attached hydrogen (secondary N) is 3. The maximum Gasteiger partial charge on any atom is 0.349 e. The Morgan fingerprint density at radius 3 is 1.10 bits per heavy atom. The lowest BCUT2D eigenvalue weighted by atomic mass is 10.1. The van der Waals surface area contributed by atoms with Gasteiger partial charge in [-0.05, 0) is 174 Å². The monoisotopic (exact) mass is 1850 g/mol. The van der Waals surface area contributed by atoms with E-state index in [-0.39, 0.29) is 34.2 Å². The van der Waals surface area contributed by atoms with Crippen LogP contribution in [0.4, 0.5) is 28.4 Å². The van der Waals surface area contributed by atoms with Gasteiger partial charge < -0.3 is 90.0 Å². The SMILES string of the molecule is CN1CCN(c2ccc3cc(-c4ccn(C)n4)c(=O)oc3c2)CC1.CN1CCN(c2ccc3cc(-c4cn5ccccc5n4)c(=O)oc3c2)CC1.C[C@@H]1CN(c2ccc3cc(-c4nc5c(Cl)cccc5o4)c(=O)oc3c2)C[C@H](C)N1.O=c1oc2cc(N3CCNCC3)ccc2cc1-c1cn2cc(Cl)ccc2n1.O=c1oc2cc(N3CCNCC3)ccc2cc1-c1nc2c(Cl)cccc2o1. The van der Waals surface area contributed by atoms with Crippen LogP contribution in [0.1, 0.15) is 13.8 Å². The van der Waals surface area contributed by atoms with Gasteiger partial charge in [-0.1, -0.05) is 53.0 Å². The highest BCUT2D eigenvalue weighted by atomic mass is 35.5. The Morgan fingerprint density at radius 1 is 0.328 bits per heavy atom. The summed E-state index contributed by atoms with van der Waals surface area (Å²) in [5.74, 6) is 0.414. The van der Waals surface area contributed by atoms with Crippen molar-refractivity contribution in [3.8, 4) is 56.7 Å². The summed E-state index contributed by atoms with van der Waals surface area (Å²) in [6.07, 6.45) is 9.13. The Morgan fingerprint density at radius 2 is 0.701 bits per heavy atom. The van der Waals surface area contributed by atoms with Crippen molar-refractivity contribution in [2.24, 2.45) is 7.05 Å². The summed E-state index contributed by atoms with van der Waals surface area (Å²) in [6.45, 7) is 21.8. The van der Waals surface area contributed by atoms with Gasteiger partial charge in [-0.25, -0.2) is 43.9 Å². The van der Waals surface area contributed by atoms with Crippen molar-refractivity contribution in [2.45, 2.75) is 25.9 Å². The van der Waals surface area contributed by atoms with E-state index in [1.807, 2.05) is 145 Å².